The topological polar surface area (TPSA) is 215 Å². The summed E-state index contributed by atoms with van der Waals surface area (Å²) in [7, 11) is 2.24. The highest BCUT2D eigenvalue weighted by Crippen LogP contribution is 2.43. The number of benzene rings is 2. The zero-order valence-electron chi connectivity index (χ0n) is 33.4. The minimum absolute atomic E-state index is 0.197. The molecule has 1 amide bonds. The van der Waals surface area contributed by atoms with Crippen molar-refractivity contribution in [2.75, 3.05) is 14.2 Å². The van der Waals surface area contributed by atoms with Gasteiger partial charge >= 0.3 is 41.9 Å². The van der Waals surface area contributed by atoms with Gasteiger partial charge in [0.15, 0.2) is 24.6 Å². The maximum atomic E-state index is 14.6. The van der Waals surface area contributed by atoms with Crippen molar-refractivity contribution in [3.05, 3.63) is 71.8 Å². The number of rotatable bonds is 15. The van der Waals surface area contributed by atoms with Crippen LogP contribution >= 0.6 is 0 Å². The Bertz CT molecular complexity index is 1760. The van der Waals surface area contributed by atoms with Crippen LogP contribution < -0.4 is 0 Å². The highest BCUT2D eigenvalue weighted by atomic mass is 16.7. The van der Waals surface area contributed by atoms with Crippen LogP contribution in [0.4, 0.5) is 4.79 Å². The first-order valence-corrected chi connectivity index (χ1v) is 18.3. The molecule has 2 saturated heterocycles. The fourth-order valence-electron chi connectivity index (χ4n) is 7.28. The number of nitrogens with zero attached hydrogens (tertiary/aromatic N) is 1. The van der Waals surface area contributed by atoms with Gasteiger partial charge < -0.3 is 47.4 Å². The van der Waals surface area contributed by atoms with Gasteiger partial charge in [0.05, 0.1) is 25.7 Å². The summed E-state index contributed by atoms with van der Waals surface area (Å²) in [6.07, 6.45) is -13.8. The van der Waals surface area contributed by atoms with Crippen LogP contribution in [0.25, 0.3) is 0 Å². The van der Waals surface area contributed by atoms with Crippen LogP contribution in [-0.2, 0) is 89.3 Å². The summed E-state index contributed by atoms with van der Waals surface area (Å²) in [5, 5.41) is 0. The lowest BCUT2D eigenvalue weighted by atomic mass is 9.77. The molecule has 2 aliphatic rings. The summed E-state index contributed by atoms with van der Waals surface area (Å²) >= 11 is 0. The van der Waals surface area contributed by atoms with Crippen LogP contribution in [0.3, 0.4) is 0 Å². The molecule has 0 spiro atoms. The summed E-state index contributed by atoms with van der Waals surface area (Å²) in [5.74, 6) is -7.01. The van der Waals surface area contributed by atoms with Crippen molar-refractivity contribution in [3.63, 3.8) is 0 Å². The van der Waals surface area contributed by atoms with E-state index in [4.69, 9.17) is 47.4 Å². The van der Waals surface area contributed by atoms with Crippen LogP contribution in [0.5, 0.6) is 0 Å². The van der Waals surface area contributed by atoms with Gasteiger partial charge in [-0.2, -0.15) is 0 Å². The Hall–Kier alpha value is -5.59. The van der Waals surface area contributed by atoms with E-state index in [1.165, 1.54) is 14.0 Å². The van der Waals surface area contributed by atoms with Crippen LogP contribution in [0.2, 0.25) is 0 Å². The zero-order valence-corrected chi connectivity index (χ0v) is 33.4. The molecule has 18 nitrogen and oxygen atoms in total. The molecule has 2 heterocycles. The summed E-state index contributed by atoms with van der Waals surface area (Å²) in [6.45, 7) is 6.46. The number of piperidine rings is 1. The maximum Gasteiger partial charge on any atom is 0.410 e. The van der Waals surface area contributed by atoms with E-state index in [0.29, 0.717) is 11.1 Å². The van der Waals surface area contributed by atoms with Crippen molar-refractivity contribution in [2.45, 2.75) is 116 Å². The van der Waals surface area contributed by atoms with Gasteiger partial charge in [-0.05, 0) is 18.1 Å². The van der Waals surface area contributed by atoms with Crippen molar-refractivity contribution < 1.29 is 80.9 Å². The smallest absolute Gasteiger partial charge is 0.410 e. The fraction of sp³-hybridized carbons (Fsp3) is 0.525. The second-order valence-electron chi connectivity index (χ2n) is 13.6. The molecule has 0 aromatic heterocycles. The number of carbonyl (C=O) groups excluding carboxylic acids is 7. The molecule has 2 aromatic carbocycles. The molecule has 58 heavy (non-hydrogen) atoms. The minimum atomic E-state index is -1.88. The summed E-state index contributed by atoms with van der Waals surface area (Å²) < 4.78 is 57.9. The Morgan fingerprint density at radius 1 is 0.655 bits per heavy atom. The molecule has 2 fully saturated rings. The second-order valence-corrected chi connectivity index (χ2v) is 13.6. The molecule has 0 bridgehead atoms. The third-order valence-corrected chi connectivity index (χ3v) is 9.42. The summed E-state index contributed by atoms with van der Waals surface area (Å²) in [6, 6.07) is 14.6. The molecule has 0 saturated carbocycles. The lowest BCUT2D eigenvalue weighted by Crippen LogP contribution is -2.73. The average molecular weight is 816 g/mol. The number of hydrogen-bond donors (Lipinski definition) is 0. The molecule has 0 N–H and O–H groups in total. The molecule has 0 radical (unpaired) electrons. The van der Waals surface area contributed by atoms with E-state index in [1.807, 2.05) is 0 Å². The Balaban J connectivity index is 2.05. The highest BCUT2D eigenvalue weighted by Gasteiger charge is 2.64. The first-order chi connectivity index (χ1) is 27.6. The summed E-state index contributed by atoms with van der Waals surface area (Å²) in [5.41, 5.74) is 1.22. The number of amides is 1. The van der Waals surface area contributed by atoms with Crippen LogP contribution in [0.1, 0.15) is 52.7 Å². The number of ether oxygens (including phenoxy) is 10. The third kappa shape index (κ3) is 11.3. The van der Waals surface area contributed by atoms with Gasteiger partial charge in [0.25, 0.3) is 0 Å². The van der Waals surface area contributed by atoms with Crippen molar-refractivity contribution >= 4 is 41.9 Å². The molecule has 1 unspecified atom stereocenters. The Kier molecular flexibility index (Phi) is 16.1. The van der Waals surface area contributed by atoms with Gasteiger partial charge in [-0.15, -0.1) is 0 Å². The lowest BCUT2D eigenvalue weighted by molar-refractivity contribution is -0.230. The molecular weight excluding hydrogens is 766 g/mol. The molecule has 316 valence electrons. The molecule has 0 aliphatic carbocycles. The Morgan fingerprint density at radius 3 is 1.67 bits per heavy atom. The predicted octanol–water partition coefficient (Wildman–Crippen LogP) is 2.80. The number of esters is 6. The van der Waals surface area contributed by atoms with Gasteiger partial charge in [0, 0.05) is 41.7 Å². The number of methoxy groups -OCH3 is 2. The molecule has 4 rings (SSSR count). The molecule has 11 atom stereocenters. The van der Waals surface area contributed by atoms with Crippen LogP contribution in [0, 0.1) is 5.92 Å². The van der Waals surface area contributed by atoms with Crippen molar-refractivity contribution in [1.29, 1.82) is 0 Å². The monoisotopic (exact) mass is 815 g/mol. The van der Waals surface area contributed by atoms with E-state index in [0.717, 1.165) is 46.6 Å². The Labute approximate surface area is 335 Å². The fourth-order valence-corrected chi connectivity index (χ4v) is 7.28. The minimum Gasteiger partial charge on any atom is -0.466 e. The van der Waals surface area contributed by atoms with Gasteiger partial charge in [-0.25, -0.2) is 9.59 Å². The highest BCUT2D eigenvalue weighted by molar-refractivity contribution is 5.79. The molecule has 2 aromatic rings. The van der Waals surface area contributed by atoms with Crippen LogP contribution in [0.15, 0.2) is 60.7 Å². The van der Waals surface area contributed by atoms with E-state index < -0.39 is 109 Å². The molecular formula is C40H49NO17. The lowest BCUT2D eigenvalue weighted by Gasteiger charge is -2.53. The number of hydrogen-bond acceptors (Lipinski definition) is 17. The van der Waals surface area contributed by atoms with Gasteiger partial charge in [0.1, 0.15) is 31.0 Å². The second kappa shape index (κ2) is 20.7. The number of carbonyl (C=O) groups is 7. The van der Waals surface area contributed by atoms with Crippen LogP contribution in [-0.4, -0.2) is 122 Å². The van der Waals surface area contributed by atoms with E-state index in [1.54, 1.807) is 60.7 Å². The zero-order chi connectivity index (χ0) is 42.7. The van der Waals surface area contributed by atoms with E-state index >= 15 is 0 Å². The third-order valence-electron chi connectivity index (χ3n) is 9.42. The van der Waals surface area contributed by atoms with Crippen molar-refractivity contribution in [1.82, 2.24) is 4.90 Å². The average Bonchev–Trinajstić information content (AvgIpc) is 3.52. The van der Waals surface area contributed by atoms with E-state index in [2.05, 4.69) is 0 Å². The van der Waals surface area contributed by atoms with E-state index in [9.17, 15) is 33.6 Å². The largest absolute Gasteiger partial charge is 0.466 e. The quantitative estimate of drug-likeness (QED) is 0.187. The Morgan fingerprint density at radius 2 is 1.17 bits per heavy atom. The number of likely N-dealkylation sites (tertiary alicyclic amines) is 1. The van der Waals surface area contributed by atoms with Crippen molar-refractivity contribution in [2.24, 2.45) is 5.92 Å². The predicted molar refractivity (Wildman–Crippen MR) is 196 cm³/mol. The van der Waals surface area contributed by atoms with E-state index in [-0.39, 0.29) is 13.2 Å². The van der Waals surface area contributed by atoms with Gasteiger partial charge in [0.2, 0.25) is 6.10 Å². The molecule has 2 aliphatic heterocycles. The maximum absolute atomic E-state index is 14.6. The SMILES string of the molecule is COC(=O)[C@@H](OC(C)=O)[C@H]1OC(OC)[C@@H](OC(C)=O)[C@@H]1[C@H](OC(C)=O)[C@H]1[C@H](OCc2ccccc2)[C@@H](OC(C)=O)[C@@H](OC(C)=O)[C@@H](C)N1C(=O)OCc1ccccc1. The van der Waals surface area contributed by atoms with Gasteiger partial charge in [-0.1, -0.05) is 60.7 Å². The normalized spacial score (nSPS) is 26.3. The molecule has 18 heteroatoms. The summed E-state index contributed by atoms with van der Waals surface area (Å²) in [4.78, 5) is 93.1. The first kappa shape index (κ1) is 45.1. The van der Waals surface area contributed by atoms with Crippen molar-refractivity contribution in [3.8, 4) is 0 Å². The van der Waals surface area contributed by atoms with Gasteiger partial charge in [-0.3, -0.25) is 28.9 Å². The standard InChI is InChI=1S/C40H49NO17/c1-21-31(53-22(2)42)36(56-25(5)45)35(51-19-27-15-11-9-12-16-27)30(41(21)40(48)52-20-28-17-13-10-14-18-28)32(54-23(3)43)29-33(37(38(47)49-7)57-26(6)46)58-39(50-8)34(29)55-24(4)44/h9-18,21,29-37,39H,19-20H2,1-8H3/t21-,29-,30+,31+,32+,33+,34+,35+,36+,37+,39?/m1/s1. The first-order valence-electron chi connectivity index (χ1n) is 18.3.